The minimum atomic E-state index is -3.62. The molecule has 2 amide bonds. The maximum atomic E-state index is 13.1. The Labute approximate surface area is 183 Å². The Bertz CT molecular complexity index is 1100. The smallest absolute Gasteiger partial charge is 0.255 e. The SMILES string of the molecule is Cc1ccc(S(=O)(=O)N2CCCC2)cc1C(=O)Nc1ccccc1C(=O)N1CCCC1. The van der Waals surface area contributed by atoms with E-state index in [1.165, 1.54) is 10.4 Å². The highest BCUT2D eigenvalue weighted by Crippen LogP contribution is 2.25. The second-order valence-corrected chi connectivity index (χ2v) is 10.0. The molecule has 7 nitrogen and oxygen atoms in total. The van der Waals surface area contributed by atoms with E-state index < -0.39 is 15.9 Å². The molecule has 0 atom stereocenters. The summed E-state index contributed by atoms with van der Waals surface area (Å²) in [5.74, 6) is -0.534. The lowest BCUT2D eigenvalue weighted by molar-refractivity contribution is 0.0794. The molecule has 2 aliphatic heterocycles. The van der Waals surface area contributed by atoms with Gasteiger partial charge in [-0.1, -0.05) is 18.2 Å². The topological polar surface area (TPSA) is 86.8 Å². The molecule has 1 N–H and O–H groups in total. The minimum absolute atomic E-state index is 0.101. The number of aryl methyl sites for hydroxylation is 1. The van der Waals surface area contributed by atoms with Crippen LogP contribution in [0.1, 0.15) is 52.0 Å². The van der Waals surface area contributed by atoms with E-state index in [9.17, 15) is 18.0 Å². The second-order valence-electron chi connectivity index (χ2n) is 8.09. The molecular formula is C23H27N3O4S. The van der Waals surface area contributed by atoms with Crippen molar-refractivity contribution in [1.82, 2.24) is 9.21 Å². The second kappa shape index (κ2) is 8.80. The van der Waals surface area contributed by atoms with E-state index in [-0.39, 0.29) is 16.4 Å². The number of hydrogen-bond donors (Lipinski definition) is 1. The van der Waals surface area contributed by atoms with Gasteiger partial charge in [-0.25, -0.2) is 8.42 Å². The zero-order chi connectivity index (χ0) is 22.0. The normalized spacial score (nSPS) is 17.1. The largest absolute Gasteiger partial charge is 0.339 e. The Balaban J connectivity index is 1.60. The minimum Gasteiger partial charge on any atom is -0.339 e. The number of nitrogens with zero attached hydrogens (tertiary/aromatic N) is 2. The Morgan fingerprint density at radius 2 is 1.52 bits per heavy atom. The third-order valence-corrected chi connectivity index (χ3v) is 7.85. The molecule has 0 unspecified atom stereocenters. The van der Waals surface area contributed by atoms with Crippen molar-refractivity contribution in [1.29, 1.82) is 0 Å². The number of rotatable bonds is 5. The third kappa shape index (κ3) is 4.36. The van der Waals surface area contributed by atoms with Crippen molar-refractivity contribution in [3.05, 3.63) is 59.2 Å². The van der Waals surface area contributed by atoms with Gasteiger partial charge in [-0.2, -0.15) is 4.31 Å². The van der Waals surface area contributed by atoms with E-state index >= 15 is 0 Å². The number of amides is 2. The zero-order valence-corrected chi connectivity index (χ0v) is 18.5. The van der Waals surface area contributed by atoms with Gasteiger partial charge in [0.05, 0.1) is 16.1 Å². The first-order valence-electron chi connectivity index (χ1n) is 10.7. The van der Waals surface area contributed by atoms with E-state index in [0.717, 1.165) is 38.8 Å². The molecule has 0 saturated carbocycles. The van der Waals surface area contributed by atoms with Crippen molar-refractivity contribution in [2.45, 2.75) is 37.5 Å². The molecule has 2 heterocycles. The van der Waals surface area contributed by atoms with Crippen LogP contribution in [0, 0.1) is 6.92 Å². The van der Waals surface area contributed by atoms with Crippen molar-refractivity contribution in [2.75, 3.05) is 31.5 Å². The summed E-state index contributed by atoms with van der Waals surface area (Å²) in [6, 6.07) is 11.6. The van der Waals surface area contributed by atoms with Gasteiger partial charge >= 0.3 is 0 Å². The Hall–Kier alpha value is -2.71. The van der Waals surface area contributed by atoms with E-state index in [2.05, 4.69) is 5.32 Å². The van der Waals surface area contributed by atoms with Crippen LogP contribution in [-0.2, 0) is 10.0 Å². The van der Waals surface area contributed by atoms with Crippen molar-refractivity contribution >= 4 is 27.5 Å². The number of benzene rings is 2. The number of para-hydroxylation sites is 1. The van der Waals surface area contributed by atoms with Gasteiger partial charge in [-0.3, -0.25) is 9.59 Å². The van der Waals surface area contributed by atoms with Crippen molar-refractivity contribution in [3.63, 3.8) is 0 Å². The number of anilines is 1. The van der Waals surface area contributed by atoms with Crippen molar-refractivity contribution in [3.8, 4) is 0 Å². The van der Waals surface area contributed by atoms with E-state index in [1.54, 1.807) is 48.2 Å². The first kappa shape index (κ1) is 21.5. The monoisotopic (exact) mass is 441 g/mol. The van der Waals surface area contributed by atoms with Gasteiger partial charge in [0.15, 0.2) is 0 Å². The summed E-state index contributed by atoms with van der Waals surface area (Å²) in [7, 11) is -3.62. The van der Waals surface area contributed by atoms with E-state index in [1.807, 2.05) is 0 Å². The summed E-state index contributed by atoms with van der Waals surface area (Å²) in [6.07, 6.45) is 3.66. The van der Waals surface area contributed by atoms with Crippen LogP contribution in [0.5, 0.6) is 0 Å². The Morgan fingerprint density at radius 1 is 0.871 bits per heavy atom. The number of likely N-dealkylation sites (tertiary alicyclic amines) is 1. The maximum Gasteiger partial charge on any atom is 0.255 e. The predicted octanol–water partition coefficient (Wildman–Crippen LogP) is 3.27. The summed E-state index contributed by atoms with van der Waals surface area (Å²) in [5.41, 5.74) is 1.82. The molecular weight excluding hydrogens is 414 g/mol. The van der Waals surface area contributed by atoms with E-state index in [4.69, 9.17) is 0 Å². The molecule has 8 heteroatoms. The lowest BCUT2D eigenvalue weighted by Crippen LogP contribution is -2.29. The van der Waals surface area contributed by atoms with Gasteiger partial charge in [0.25, 0.3) is 11.8 Å². The first-order chi connectivity index (χ1) is 14.9. The van der Waals surface area contributed by atoms with Gasteiger partial charge in [-0.05, 0) is 62.4 Å². The highest BCUT2D eigenvalue weighted by molar-refractivity contribution is 7.89. The van der Waals surface area contributed by atoms with E-state index in [0.29, 0.717) is 29.9 Å². The molecule has 0 bridgehead atoms. The number of hydrogen-bond acceptors (Lipinski definition) is 4. The lowest BCUT2D eigenvalue weighted by Gasteiger charge is -2.19. The molecule has 0 spiro atoms. The summed E-state index contributed by atoms with van der Waals surface area (Å²) in [6.45, 7) is 4.21. The summed E-state index contributed by atoms with van der Waals surface area (Å²) < 4.78 is 27.3. The fourth-order valence-corrected chi connectivity index (χ4v) is 5.69. The fraction of sp³-hybridized carbons (Fsp3) is 0.391. The molecule has 31 heavy (non-hydrogen) atoms. The summed E-state index contributed by atoms with van der Waals surface area (Å²) in [4.78, 5) is 27.9. The first-order valence-corrected chi connectivity index (χ1v) is 12.1. The molecule has 2 fully saturated rings. The molecule has 2 aromatic rings. The predicted molar refractivity (Wildman–Crippen MR) is 119 cm³/mol. The number of carbonyl (C=O) groups is 2. The standard InChI is InChI=1S/C23H27N3O4S/c1-17-10-11-18(31(29,30)26-14-6-7-15-26)16-20(17)22(27)24-21-9-3-2-8-19(21)23(28)25-12-4-5-13-25/h2-3,8-11,16H,4-7,12-15H2,1H3,(H,24,27). The van der Waals surface area contributed by atoms with Crippen molar-refractivity contribution < 1.29 is 18.0 Å². The quantitative estimate of drug-likeness (QED) is 0.772. The molecule has 2 saturated heterocycles. The van der Waals surface area contributed by atoms with Crippen molar-refractivity contribution in [2.24, 2.45) is 0 Å². The zero-order valence-electron chi connectivity index (χ0n) is 17.6. The van der Waals surface area contributed by atoms with Crippen LogP contribution in [0.2, 0.25) is 0 Å². The summed E-state index contributed by atoms with van der Waals surface area (Å²) in [5, 5.41) is 2.83. The van der Waals surface area contributed by atoms with Crippen LogP contribution in [0.15, 0.2) is 47.4 Å². The van der Waals surface area contributed by atoms with Gasteiger partial charge in [-0.15, -0.1) is 0 Å². The maximum absolute atomic E-state index is 13.1. The highest BCUT2D eigenvalue weighted by atomic mass is 32.2. The summed E-state index contributed by atoms with van der Waals surface area (Å²) >= 11 is 0. The lowest BCUT2D eigenvalue weighted by atomic mass is 10.1. The van der Waals surface area contributed by atoms with Crippen LogP contribution in [0.3, 0.4) is 0 Å². The van der Waals surface area contributed by atoms with Crippen LogP contribution in [0.25, 0.3) is 0 Å². The van der Waals surface area contributed by atoms with Crippen LogP contribution in [-0.4, -0.2) is 55.6 Å². The molecule has 0 aliphatic carbocycles. The van der Waals surface area contributed by atoms with Crippen LogP contribution in [0.4, 0.5) is 5.69 Å². The molecule has 2 aliphatic rings. The number of carbonyl (C=O) groups excluding carboxylic acids is 2. The Morgan fingerprint density at radius 3 is 2.23 bits per heavy atom. The van der Waals surface area contributed by atoms with Gasteiger partial charge in [0.2, 0.25) is 10.0 Å². The number of nitrogens with one attached hydrogen (secondary N) is 1. The van der Waals surface area contributed by atoms with Gasteiger partial charge < -0.3 is 10.2 Å². The third-order valence-electron chi connectivity index (χ3n) is 5.96. The van der Waals surface area contributed by atoms with Crippen LogP contribution < -0.4 is 5.32 Å². The number of sulfonamides is 1. The fourth-order valence-electron chi connectivity index (χ4n) is 4.14. The van der Waals surface area contributed by atoms with Crippen LogP contribution >= 0.6 is 0 Å². The molecule has 4 rings (SSSR count). The highest BCUT2D eigenvalue weighted by Gasteiger charge is 2.28. The molecule has 2 aromatic carbocycles. The van der Waals surface area contributed by atoms with Gasteiger partial charge in [0, 0.05) is 31.7 Å². The molecule has 0 radical (unpaired) electrons. The average molecular weight is 442 g/mol. The molecule has 164 valence electrons. The Kier molecular flexibility index (Phi) is 6.11. The molecule has 0 aromatic heterocycles. The average Bonchev–Trinajstić information content (AvgIpc) is 3.48. The van der Waals surface area contributed by atoms with Gasteiger partial charge in [0.1, 0.15) is 0 Å².